The van der Waals surface area contributed by atoms with Crippen LogP contribution >= 0.6 is 0 Å². The molecule has 0 spiro atoms. The van der Waals surface area contributed by atoms with Gasteiger partial charge in [-0.25, -0.2) is 0 Å². The summed E-state index contributed by atoms with van der Waals surface area (Å²) in [6, 6.07) is 8.18. The molecule has 0 radical (unpaired) electrons. The fourth-order valence-corrected chi connectivity index (χ4v) is 3.70. The van der Waals surface area contributed by atoms with Crippen LogP contribution in [0.5, 0.6) is 0 Å². The largest absolute Gasteiger partial charge is 0.380 e. The first-order chi connectivity index (χ1) is 9.91. The fourth-order valence-electron chi connectivity index (χ4n) is 3.70. The van der Waals surface area contributed by atoms with E-state index in [-0.39, 0.29) is 11.3 Å². The number of ether oxygens (including phenoxy) is 1. The Morgan fingerprint density at radius 2 is 1.90 bits per heavy atom. The predicted octanol–water partition coefficient (Wildman–Crippen LogP) is 2.20. The van der Waals surface area contributed by atoms with Crippen LogP contribution in [0.1, 0.15) is 36.7 Å². The van der Waals surface area contributed by atoms with Gasteiger partial charge in [-0.1, -0.05) is 32.9 Å². The van der Waals surface area contributed by atoms with Gasteiger partial charge < -0.3 is 15.4 Å². The monoisotopic (exact) mass is 290 g/mol. The molecule has 116 valence electrons. The number of benzene rings is 1. The molecule has 0 heterocycles. The van der Waals surface area contributed by atoms with E-state index >= 15 is 0 Å². The highest BCUT2D eigenvalue weighted by atomic mass is 16.5. The maximum Gasteiger partial charge on any atom is 0.251 e. The molecule has 1 aliphatic rings. The summed E-state index contributed by atoms with van der Waals surface area (Å²) in [7, 11) is 3.43. The Balaban J connectivity index is 1.93. The van der Waals surface area contributed by atoms with Crippen molar-refractivity contribution in [2.45, 2.75) is 39.5 Å². The minimum Gasteiger partial charge on any atom is -0.380 e. The van der Waals surface area contributed by atoms with Crippen molar-refractivity contribution in [3.05, 3.63) is 35.4 Å². The lowest BCUT2D eigenvalue weighted by Gasteiger charge is -2.56. The van der Waals surface area contributed by atoms with Crippen LogP contribution in [-0.4, -0.2) is 32.2 Å². The number of carbonyl (C=O) groups is 1. The topological polar surface area (TPSA) is 50.4 Å². The molecule has 1 fully saturated rings. The number of methoxy groups -OCH3 is 1. The SMILES string of the molecule is CNC(=O)c1ccc(CN[C@@H]2[C@H](C)[C@H](OC)C2(C)C)cc1. The van der Waals surface area contributed by atoms with Crippen molar-refractivity contribution in [3.8, 4) is 0 Å². The summed E-state index contributed by atoms with van der Waals surface area (Å²) in [6.45, 7) is 7.52. The molecule has 2 rings (SSSR count). The number of amides is 1. The van der Waals surface area contributed by atoms with Gasteiger partial charge in [-0.05, 0) is 23.6 Å². The molecule has 21 heavy (non-hydrogen) atoms. The van der Waals surface area contributed by atoms with Crippen LogP contribution in [0.2, 0.25) is 0 Å². The normalized spacial score (nSPS) is 27.0. The van der Waals surface area contributed by atoms with Crippen LogP contribution in [0.25, 0.3) is 0 Å². The molecule has 2 N–H and O–H groups in total. The van der Waals surface area contributed by atoms with Gasteiger partial charge in [0, 0.05) is 37.7 Å². The van der Waals surface area contributed by atoms with Crippen LogP contribution in [-0.2, 0) is 11.3 Å². The molecule has 1 aliphatic carbocycles. The summed E-state index contributed by atoms with van der Waals surface area (Å²) in [5.74, 6) is 0.460. The Bertz CT molecular complexity index is 496. The van der Waals surface area contributed by atoms with Crippen LogP contribution in [0.4, 0.5) is 0 Å². The molecule has 0 saturated heterocycles. The Morgan fingerprint density at radius 1 is 1.29 bits per heavy atom. The van der Waals surface area contributed by atoms with E-state index in [4.69, 9.17) is 4.74 Å². The van der Waals surface area contributed by atoms with Crippen molar-refractivity contribution in [1.82, 2.24) is 10.6 Å². The quantitative estimate of drug-likeness (QED) is 0.874. The molecule has 1 aromatic carbocycles. The third kappa shape index (κ3) is 2.97. The molecule has 1 aromatic rings. The summed E-state index contributed by atoms with van der Waals surface area (Å²) >= 11 is 0. The molecule has 1 saturated carbocycles. The van der Waals surface area contributed by atoms with E-state index in [1.165, 1.54) is 5.56 Å². The van der Waals surface area contributed by atoms with Crippen molar-refractivity contribution < 1.29 is 9.53 Å². The predicted molar refractivity (Wildman–Crippen MR) is 84.2 cm³/mol. The number of rotatable bonds is 5. The van der Waals surface area contributed by atoms with Crippen molar-refractivity contribution in [2.24, 2.45) is 11.3 Å². The maximum atomic E-state index is 11.5. The smallest absolute Gasteiger partial charge is 0.251 e. The summed E-state index contributed by atoms with van der Waals surface area (Å²) in [5.41, 5.74) is 2.03. The van der Waals surface area contributed by atoms with E-state index in [1.807, 2.05) is 24.3 Å². The van der Waals surface area contributed by atoms with E-state index in [0.717, 1.165) is 6.54 Å². The molecule has 1 amide bonds. The number of hydrogen-bond acceptors (Lipinski definition) is 3. The van der Waals surface area contributed by atoms with Gasteiger partial charge in [0.15, 0.2) is 0 Å². The van der Waals surface area contributed by atoms with E-state index in [1.54, 1.807) is 14.2 Å². The van der Waals surface area contributed by atoms with Gasteiger partial charge in [-0.3, -0.25) is 4.79 Å². The van der Waals surface area contributed by atoms with Crippen molar-refractivity contribution in [2.75, 3.05) is 14.2 Å². The van der Waals surface area contributed by atoms with E-state index in [2.05, 4.69) is 31.4 Å². The summed E-state index contributed by atoms with van der Waals surface area (Å²) in [6.07, 6.45) is 0.311. The summed E-state index contributed by atoms with van der Waals surface area (Å²) < 4.78 is 5.57. The van der Waals surface area contributed by atoms with Gasteiger partial charge in [0.2, 0.25) is 0 Å². The zero-order chi connectivity index (χ0) is 15.6. The highest BCUT2D eigenvalue weighted by Crippen LogP contribution is 2.46. The molecular weight excluding hydrogens is 264 g/mol. The minimum absolute atomic E-state index is 0.0498. The molecule has 0 bridgehead atoms. The van der Waals surface area contributed by atoms with Gasteiger partial charge in [0.1, 0.15) is 0 Å². The highest BCUT2D eigenvalue weighted by molar-refractivity contribution is 5.93. The second-order valence-corrected chi connectivity index (χ2v) is 6.47. The summed E-state index contributed by atoms with van der Waals surface area (Å²) in [4.78, 5) is 11.5. The standard InChI is InChI=1S/C17H26N2O2/c1-11-14(17(2,3)15(11)21-5)19-10-12-6-8-13(9-7-12)16(20)18-4/h6-9,11,14-15,19H,10H2,1-5H3,(H,18,20)/t11-,14+,15-/m0/s1. The Kier molecular flexibility index (Phi) is 4.69. The Hall–Kier alpha value is -1.39. The lowest BCUT2D eigenvalue weighted by Crippen LogP contribution is -2.66. The third-order valence-electron chi connectivity index (χ3n) is 4.76. The van der Waals surface area contributed by atoms with E-state index in [0.29, 0.717) is 23.6 Å². The van der Waals surface area contributed by atoms with Crippen LogP contribution < -0.4 is 10.6 Å². The molecule has 0 aliphatic heterocycles. The van der Waals surface area contributed by atoms with Crippen LogP contribution in [0.3, 0.4) is 0 Å². The van der Waals surface area contributed by atoms with Gasteiger partial charge >= 0.3 is 0 Å². The third-order valence-corrected chi connectivity index (χ3v) is 4.76. The van der Waals surface area contributed by atoms with Gasteiger partial charge in [0.05, 0.1) is 6.10 Å². The fraction of sp³-hybridized carbons (Fsp3) is 0.588. The average Bonchev–Trinajstić information content (AvgIpc) is 2.47. The first-order valence-electron chi connectivity index (χ1n) is 7.49. The van der Waals surface area contributed by atoms with E-state index in [9.17, 15) is 4.79 Å². The van der Waals surface area contributed by atoms with Crippen molar-refractivity contribution in [1.29, 1.82) is 0 Å². The molecule has 0 aromatic heterocycles. The van der Waals surface area contributed by atoms with Crippen LogP contribution in [0.15, 0.2) is 24.3 Å². The molecule has 4 nitrogen and oxygen atoms in total. The van der Waals surface area contributed by atoms with Crippen LogP contribution in [0, 0.1) is 11.3 Å². The number of nitrogens with one attached hydrogen (secondary N) is 2. The van der Waals surface area contributed by atoms with Gasteiger partial charge in [0.25, 0.3) is 5.91 Å². The lowest BCUT2D eigenvalue weighted by molar-refractivity contribution is -0.145. The average molecular weight is 290 g/mol. The molecule has 4 heteroatoms. The first-order valence-corrected chi connectivity index (χ1v) is 7.49. The van der Waals surface area contributed by atoms with Gasteiger partial charge in [-0.15, -0.1) is 0 Å². The second kappa shape index (κ2) is 6.16. The zero-order valence-electron chi connectivity index (χ0n) is 13.6. The molecule has 3 atom stereocenters. The second-order valence-electron chi connectivity index (χ2n) is 6.47. The first kappa shape index (κ1) is 16.0. The molecule has 0 unspecified atom stereocenters. The molecular formula is C17H26N2O2. The van der Waals surface area contributed by atoms with Crippen molar-refractivity contribution >= 4 is 5.91 Å². The van der Waals surface area contributed by atoms with Crippen molar-refractivity contribution in [3.63, 3.8) is 0 Å². The number of carbonyl (C=O) groups excluding carboxylic acids is 1. The van der Waals surface area contributed by atoms with E-state index < -0.39 is 0 Å². The number of hydrogen-bond donors (Lipinski definition) is 2. The minimum atomic E-state index is -0.0498. The zero-order valence-corrected chi connectivity index (χ0v) is 13.6. The maximum absolute atomic E-state index is 11.5. The van der Waals surface area contributed by atoms with Gasteiger partial charge in [-0.2, -0.15) is 0 Å². The lowest BCUT2D eigenvalue weighted by atomic mass is 9.58. The summed E-state index contributed by atoms with van der Waals surface area (Å²) in [5, 5.41) is 6.25. The highest BCUT2D eigenvalue weighted by Gasteiger charge is 2.54. The Morgan fingerprint density at radius 3 is 2.38 bits per heavy atom. The Labute approximate surface area is 127 Å².